The van der Waals surface area contributed by atoms with Crippen LogP contribution in [0.3, 0.4) is 0 Å². The Morgan fingerprint density at radius 2 is 1.78 bits per heavy atom. The standard InChI is InChI=1S/C18H20ClN3O4S/c1-22(13-17(23)21-15-7-3-2-4-8-15)18(24)10-11-20-27(25,26)16-9-5-6-14(19)12-16/h2-9,12,20H,10-11,13H2,1H3,(H,21,23). The first-order valence-corrected chi connectivity index (χ1v) is 9.98. The molecule has 2 rings (SSSR count). The molecule has 0 aromatic heterocycles. The average molecular weight is 410 g/mol. The zero-order valence-electron chi connectivity index (χ0n) is 14.7. The molecule has 0 aliphatic rings. The molecule has 0 saturated carbocycles. The summed E-state index contributed by atoms with van der Waals surface area (Å²) in [6, 6.07) is 14.7. The molecule has 0 saturated heterocycles. The van der Waals surface area contributed by atoms with E-state index in [1.54, 1.807) is 30.3 Å². The summed E-state index contributed by atoms with van der Waals surface area (Å²) in [5.41, 5.74) is 0.637. The summed E-state index contributed by atoms with van der Waals surface area (Å²) in [6.45, 7) is -0.215. The Kier molecular flexibility index (Phi) is 7.35. The largest absolute Gasteiger partial charge is 0.336 e. The molecular weight excluding hydrogens is 390 g/mol. The predicted molar refractivity (Wildman–Crippen MR) is 104 cm³/mol. The molecule has 27 heavy (non-hydrogen) atoms. The molecule has 2 N–H and O–H groups in total. The number of anilines is 1. The number of para-hydroxylation sites is 1. The fraction of sp³-hybridized carbons (Fsp3) is 0.222. The van der Waals surface area contributed by atoms with Gasteiger partial charge in [-0.3, -0.25) is 9.59 Å². The van der Waals surface area contributed by atoms with Crippen molar-refractivity contribution in [1.29, 1.82) is 0 Å². The highest BCUT2D eigenvalue weighted by molar-refractivity contribution is 7.89. The van der Waals surface area contributed by atoms with Gasteiger partial charge < -0.3 is 10.2 Å². The van der Waals surface area contributed by atoms with Gasteiger partial charge >= 0.3 is 0 Å². The van der Waals surface area contributed by atoms with Gasteiger partial charge in [0.15, 0.2) is 0 Å². The highest BCUT2D eigenvalue weighted by atomic mass is 35.5. The normalized spacial score (nSPS) is 11.0. The van der Waals surface area contributed by atoms with E-state index < -0.39 is 10.0 Å². The van der Waals surface area contributed by atoms with E-state index in [-0.39, 0.29) is 36.2 Å². The van der Waals surface area contributed by atoms with Crippen LogP contribution >= 0.6 is 11.6 Å². The Hall–Kier alpha value is -2.42. The molecule has 0 spiro atoms. The summed E-state index contributed by atoms with van der Waals surface area (Å²) in [6.07, 6.45) is -0.0745. The third-order valence-electron chi connectivity index (χ3n) is 3.60. The molecule has 0 unspecified atom stereocenters. The quantitative estimate of drug-likeness (QED) is 0.697. The Labute approximate surface area is 163 Å². The maximum absolute atomic E-state index is 12.2. The van der Waals surface area contributed by atoms with Crippen LogP contribution in [0.1, 0.15) is 6.42 Å². The van der Waals surface area contributed by atoms with Crippen LogP contribution in [0.25, 0.3) is 0 Å². The number of nitrogens with zero attached hydrogens (tertiary/aromatic N) is 1. The van der Waals surface area contributed by atoms with Crippen molar-refractivity contribution in [3.8, 4) is 0 Å². The molecule has 0 atom stereocenters. The number of likely N-dealkylation sites (N-methyl/N-ethyl adjacent to an activating group) is 1. The molecule has 0 bridgehead atoms. The molecule has 144 valence electrons. The van der Waals surface area contributed by atoms with Crippen molar-refractivity contribution >= 4 is 39.1 Å². The number of hydrogen-bond donors (Lipinski definition) is 2. The van der Waals surface area contributed by atoms with Gasteiger partial charge in [0, 0.05) is 30.7 Å². The molecule has 0 fully saturated rings. The van der Waals surface area contributed by atoms with Crippen molar-refractivity contribution < 1.29 is 18.0 Å². The molecule has 2 aromatic carbocycles. The number of carbonyl (C=O) groups excluding carboxylic acids is 2. The minimum absolute atomic E-state index is 0.0260. The minimum atomic E-state index is -3.75. The van der Waals surface area contributed by atoms with Crippen LogP contribution in [0.15, 0.2) is 59.5 Å². The lowest BCUT2D eigenvalue weighted by molar-refractivity contribution is -0.133. The maximum Gasteiger partial charge on any atom is 0.243 e. The van der Waals surface area contributed by atoms with Gasteiger partial charge in [0.2, 0.25) is 21.8 Å². The van der Waals surface area contributed by atoms with Crippen molar-refractivity contribution in [2.24, 2.45) is 0 Å². The highest BCUT2D eigenvalue weighted by Crippen LogP contribution is 2.15. The lowest BCUT2D eigenvalue weighted by Gasteiger charge is -2.17. The lowest BCUT2D eigenvalue weighted by Crippen LogP contribution is -2.37. The Bertz CT molecular complexity index is 904. The molecule has 0 heterocycles. The van der Waals surface area contributed by atoms with Gasteiger partial charge in [-0.2, -0.15) is 0 Å². The zero-order chi connectivity index (χ0) is 19.9. The van der Waals surface area contributed by atoms with Gasteiger partial charge in [-0.1, -0.05) is 35.9 Å². The van der Waals surface area contributed by atoms with Crippen molar-refractivity contribution in [3.05, 3.63) is 59.6 Å². The fourth-order valence-electron chi connectivity index (χ4n) is 2.23. The number of carbonyl (C=O) groups is 2. The van der Waals surface area contributed by atoms with E-state index >= 15 is 0 Å². The highest BCUT2D eigenvalue weighted by Gasteiger charge is 2.17. The Morgan fingerprint density at radius 3 is 2.44 bits per heavy atom. The van der Waals surface area contributed by atoms with Gasteiger partial charge in [0.25, 0.3) is 0 Å². The zero-order valence-corrected chi connectivity index (χ0v) is 16.3. The molecule has 2 aromatic rings. The third kappa shape index (κ3) is 6.67. The smallest absolute Gasteiger partial charge is 0.243 e. The number of halogens is 1. The summed E-state index contributed by atoms with van der Waals surface area (Å²) >= 11 is 5.79. The maximum atomic E-state index is 12.2. The van der Waals surface area contributed by atoms with Gasteiger partial charge in [-0.25, -0.2) is 13.1 Å². The molecule has 0 radical (unpaired) electrons. The third-order valence-corrected chi connectivity index (χ3v) is 5.30. The first-order chi connectivity index (χ1) is 12.8. The number of amides is 2. The molecule has 7 nitrogen and oxygen atoms in total. The van der Waals surface area contributed by atoms with Crippen LogP contribution in [-0.2, 0) is 19.6 Å². The Balaban J connectivity index is 1.80. The van der Waals surface area contributed by atoms with E-state index in [9.17, 15) is 18.0 Å². The van der Waals surface area contributed by atoms with Gasteiger partial charge in [0.05, 0.1) is 11.4 Å². The number of rotatable bonds is 8. The van der Waals surface area contributed by atoms with Crippen LogP contribution < -0.4 is 10.0 Å². The number of benzene rings is 2. The second kappa shape index (κ2) is 9.50. The summed E-state index contributed by atoms with van der Waals surface area (Å²) < 4.78 is 26.7. The van der Waals surface area contributed by atoms with E-state index in [2.05, 4.69) is 10.0 Å². The van der Waals surface area contributed by atoms with Crippen molar-refractivity contribution in [3.63, 3.8) is 0 Å². The monoisotopic (exact) mass is 409 g/mol. The fourth-order valence-corrected chi connectivity index (χ4v) is 3.56. The predicted octanol–water partition coefficient (Wildman–Crippen LogP) is 2.11. The van der Waals surface area contributed by atoms with Crippen LogP contribution in [0.2, 0.25) is 5.02 Å². The van der Waals surface area contributed by atoms with Gasteiger partial charge in [-0.15, -0.1) is 0 Å². The number of nitrogens with one attached hydrogen (secondary N) is 2. The summed E-state index contributed by atoms with van der Waals surface area (Å²) in [5.74, 6) is -0.691. The van der Waals surface area contributed by atoms with Gasteiger partial charge in [-0.05, 0) is 30.3 Å². The van der Waals surface area contributed by atoms with Gasteiger partial charge in [0.1, 0.15) is 0 Å². The first kappa shape index (κ1) is 20.9. The van der Waals surface area contributed by atoms with Crippen LogP contribution in [-0.4, -0.2) is 45.3 Å². The van der Waals surface area contributed by atoms with E-state index in [1.165, 1.54) is 30.1 Å². The van der Waals surface area contributed by atoms with Crippen LogP contribution in [0.5, 0.6) is 0 Å². The molecule has 0 aliphatic heterocycles. The van der Waals surface area contributed by atoms with Crippen molar-refractivity contribution in [2.45, 2.75) is 11.3 Å². The second-order valence-electron chi connectivity index (χ2n) is 5.77. The van der Waals surface area contributed by atoms with Crippen molar-refractivity contribution in [2.75, 3.05) is 25.5 Å². The molecular formula is C18H20ClN3O4S. The molecule has 0 aliphatic carbocycles. The topological polar surface area (TPSA) is 95.6 Å². The van der Waals surface area contributed by atoms with E-state index in [0.717, 1.165) is 0 Å². The number of hydrogen-bond acceptors (Lipinski definition) is 4. The van der Waals surface area contributed by atoms with Crippen LogP contribution in [0.4, 0.5) is 5.69 Å². The second-order valence-corrected chi connectivity index (χ2v) is 7.97. The summed E-state index contributed by atoms with van der Waals surface area (Å²) in [5, 5.41) is 2.98. The minimum Gasteiger partial charge on any atom is -0.336 e. The van der Waals surface area contributed by atoms with E-state index in [1.807, 2.05) is 6.07 Å². The molecule has 2 amide bonds. The lowest BCUT2D eigenvalue weighted by atomic mass is 10.3. The average Bonchev–Trinajstić information content (AvgIpc) is 2.62. The first-order valence-electron chi connectivity index (χ1n) is 8.12. The van der Waals surface area contributed by atoms with Crippen molar-refractivity contribution in [1.82, 2.24) is 9.62 Å². The summed E-state index contributed by atoms with van der Waals surface area (Å²) in [7, 11) is -2.27. The van der Waals surface area contributed by atoms with E-state index in [4.69, 9.17) is 11.6 Å². The SMILES string of the molecule is CN(CC(=O)Nc1ccccc1)C(=O)CCNS(=O)(=O)c1cccc(Cl)c1. The molecule has 9 heteroatoms. The summed E-state index contributed by atoms with van der Waals surface area (Å²) in [4.78, 5) is 25.3. The van der Waals surface area contributed by atoms with Crippen LogP contribution in [0, 0.1) is 0 Å². The van der Waals surface area contributed by atoms with E-state index in [0.29, 0.717) is 10.7 Å². The number of sulfonamides is 1. The Morgan fingerprint density at radius 1 is 1.07 bits per heavy atom.